The number of nitrogens with two attached hydrogens (primary N) is 1. The smallest absolute Gasteiger partial charge is 0.128 e. The van der Waals surface area contributed by atoms with Gasteiger partial charge in [0.1, 0.15) is 5.82 Å². The molecule has 1 aromatic rings. The zero-order valence-electron chi connectivity index (χ0n) is 9.67. The van der Waals surface area contributed by atoms with E-state index in [1.165, 1.54) is 6.07 Å². The van der Waals surface area contributed by atoms with E-state index in [9.17, 15) is 4.39 Å². The molecular weight excluding hydrogens is 213 g/mol. The van der Waals surface area contributed by atoms with Gasteiger partial charge in [0, 0.05) is 11.6 Å². The molecule has 86 valence electrons. The molecule has 0 bridgehead atoms. The van der Waals surface area contributed by atoms with Crippen molar-refractivity contribution in [3.63, 3.8) is 0 Å². The predicted molar refractivity (Wildman–Crippen MR) is 64.8 cm³/mol. The Morgan fingerprint density at radius 1 is 1.27 bits per heavy atom. The van der Waals surface area contributed by atoms with E-state index < -0.39 is 0 Å². The highest BCUT2D eigenvalue weighted by atomic mass is 35.5. The van der Waals surface area contributed by atoms with Gasteiger partial charge in [-0.1, -0.05) is 38.5 Å². The van der Waals surface area contributed by atoms with E-state index in [4.69, 9.17) is 5.73 Å². The maximum Gasteiger partial charge on any atom is 0.128 e. The minimum Gasteiger partial charge on any atom is -0.323 e. The third kappa shape index (κ3) is 3.47. The molecule has 1 atom stereocenters. The van der Waals surface area contributed by atoms with Crippen LogP contribution in [0.5, 0.6) is 0 Å². The summed E-state index contributed by atoms with van der Waals surface area (Å²) in [7, 11) is 0. The van der Waals surface area contributed by atoms with Crippen LogP contribution in [-0.4, -0.2) is 0 Å². The standard InChI is InChI=1S/C12H18FN.ClH/c1-8-5-6-10(13)9(7-8)11(14)12(2,3)4;/h5-7,11H,14H2,1-4H3;1H/t11-;/m1./s1. The van der Waals surface area contributed by atoms with Crippen LogP contribution in [0.1, 0.15) is 37.9 Å². The second kappa shape index (κ2) is 4.95. The van der Waals surface area contributed by atoms with Crippen molar-refractivity contribution in [2.24, 2.45) is 11.1 Å². The van der Waals surface area contributed by atoms with Crippen molar-refractivity contribution in [3.05, 3.63) is 35.1 Å². The van der Waals surface area contributed by atoms with Crippen LogP contribution < -0.4 is 5.73 Å². The van der Waals surface area contributed by atoms with Gasteiger partial charge in [-0.2, -0.15) is 0 Å². The second-order valence-corrected chi connectivity index (χ2v) is 4.87. The molecule has 0 aliphatic rings. The Balaban J connectivity index is 0.00000196. The topological polar surface area (TPSA) is 26.0 Å². The van der Waals surface area contributed by atoms with Crippen molar-refractivity contribution >= 4 is 12.4 Å². The molecule has 0 aliphatic heterocycles. The van der Waals surface area contributed by atoms with E-state index in [0.717, 1.165) is 5.56 Å². The molecule has 0 spiro atoms. The van der Waals surface area contributed by atoms with Crippen LogP contribution in [0, 0.1) is 18.2 Å². The molecule has 2 N–H and O–H groups in total. The Morgan fingerprint density at radius 3 is 2.27 bits per heavy atom. The van der Waals surface area contributed by atoms with Gasteiger partial charge in [0.2, 0.25) is 0 Å². The van der Waals surface area contributed by atoms with Crippen molar-refractivity contribution < 1.29 is 4.39 Å². The van der Waals surface area contributed by atoms with Gasteiger partial charge in [-0.05, 0) is 18.4 Å². The summed E-state index contributed by atoms with van der Waals surface area (Å²) in [5.41, 5.74) is 7.54. The number of benzene rings is 1. The largest absolute Gasteiger partial charge is 0.323 e. The summed E-state index contributed by atoms with van der Waals surface area (Å²) in [6, 6.07) is 4.80. The fraction of sp³-hybridized carbons (Fsp3) is 0.500. The molecule has 15 heavy (non-hydrogen) atoms. The van der Waals surface area contributed by atoms with E-state index in [2.05, 4.69) is 0 Å². The van der Waals surface area contributed by atoms with Gasteiger partial charge in [-0.25, -0.2) is 4.39 Å². The van der Waals surface area contributed by atoms with Gasteiger partial charge in [0.05, 0.1) is 0 Å². The summed E-state index contributed by atoms with van der Waals surface area (Å²) in [4.78, 5) is 0. The van der Waals surface area contributed by atoms with Crippen LogP contribution in [0.4, 0.5) is 4.39 Å². The lowest BCUT2D eigenvalue weighted by Crippen LogP contribution is -2.27. The monoisotopic (exact) mass is 231 g/mol. The summed E-state index contributed by atoms with van der Waals surface area (Å²) in [6.45, 7) is 7.98. The molecule has 0 aliphatic carbocycles. The molecule has 1 rings (SSSR count). The highest BCUT2D eigenvalue weighted by molar-refractivity contribution is 5.85. The molecule has 1 aromatic carbocycles. The second-order valence-electron chi connectivity index (χ2n) is 4.87. The zero-order valence-corrected chi connectivity index (χ0v) is 10.5. The summed E-state index contributed by atoms with van der Waals surface area (Å²) >= 11 is 0. The number of aryl methyl sites for hydroxylation is 1. The van der Waals surface area contributed by atoms with Crippen molar-refractivity contribution in [3.8, 4) is 0 Å². The highest BCUT2D eigenvalue weighted by Gasteiger charge is 2.24. The molecule has 1 nitrogen and oxygen atoms in total. The first-order chi connectivity index (χ1) is 6.32. The zero-order chi connectivity index (χ0) is 10.9. The third-order valence-electron chi connectivity index (χ3n) is 2.42. The lowest BCUT2D eigenvalue weighted by Gasteiger charge is -2.27. The molecular formula is C12H19ClFN. The van der Waals surface area contributed by atoms with Crippen LogP contribution in [0.15, 0.2) is 18.2 Å². The number of halogens is 2. The van der Waals surface area contributed by atoms with Gasteiger partial charge >= 0.3 is 0 Å². The van der Waals surface area contributed by atoms with E-state index in [-0.39, 0.29) is 29.7 Å². The highest BCUT2D eigenvalue weighted by Crippen LogP contribution is 2.32. The summed E-state index contributed by atoms with van der Waals surface area (Å²) in [5.74, 6) is -0.210. The normalized spacial score (nSPS) is 13.2. The molecule has 0 aromatic heterocycles. The minimum atomic E-state index is -0.262. The Hall–Kier alpha value is -0.600. The predicted octanol–water partition coefficient (Wildman–Crippen LogP) is 3.60. The van der Waals surface area contributed by atoms with Crippen LogP contribution >= 0.6 is 12.4 Å². The van der Waals surface area contributed by atoms with Crippen molar-refractivity contribution in [2.45, 2.75) is 33.7 Å². The average Bonchev–Trinajstić information content (AvgIpc) is 2.06. The molecule has 3 heteroatoms. The minimum absolute atomic E-state index is 0. The van der Waals surface area contributed by atoms with E-state index in [1.54, 1.807) is 6.07 Å². The quantitative estimate of drug-likeness (QED) is 0.785. The summed E-state index contributed by atoms with van der Waals surface area (Å²) < 4.78 is 13.5. The van der Waals surface area contributed by atoms with Crippen LogP contribution in [0.25, 0.3) is 0 Å². The van der Waals surface area contributed by atoms with Gasteiger partial charge in [0.25, 0.3) is 0 Å². The molecule has 0 amide bonds. The lowest BCUT2D eigenvalue weighted by atomic mass is 9.82. The average molecular weight is 232 g/mol. The van der Waals surface area contributed by atoms with Crippen LogP contribution in [0.3, 0.4) is 0 Å². The number of hydrogen-bond donors (Lipinski definition) is 1. The summed E-state index contributed by atoms with van der Waals surface area (Å²) in [5, 5.41) is 0. The van der Waals surface area contributed by atoms with Crippen molar-refractivity contribution in [2.75, 3.05) is 0 Å². The molecule has 0 unspecified atom stereocenters. The maximum atomic E-state index is 13.5. The third-order valence-corrected chi connectivity index (χ3v) is 2.42. The lowest BCUT2D eigenvalue weighted by molar-refractivity contribution is 0.319. The molecule has 0 heterocycles. The first kappa shape index (κ1) is 14.4. The van der Waals surface area contributed by atoms with E-state index in [0.29, 0.717) is 5.56 Å². The van der Waals surface area contributed by atoms with Gasteiger partial charge in [-0.15, -0.1) is 12.4 Å². The molecule has 0 saturated heterocycles. The Morgan fingerprint density at radius 2 is 1.80 bits per heavy atom. The summed E-state index contributed by atoms with van der Waals surface area (Å²) in [6.07, 6.45) is 0. The SMILES string of the molecule is Cc1ccc(F)c([C@@H](N)C(C)(C)C)c1.Cl. The van der Waals surface area contributed by atoms with Crippen molar-refractivity contribution in [1.82, 2.24) is 0 Å². The van der Waals surface area contributed by atoms with Gasteiger partial charge < -0.3 is 5.73 Å². The van der Waals surface area contributed by atoms with Crippen molar-refractivity contribution in [1.29, 1.82) is 0 Å². The number of rotatable bonds is 1. The van der Waals surface area contributed by atoms with Gasteiger partial charge in [-0.3, -0.25) is 0 Å². The molecule has 0 saturated carbocycles. The van der Waals surface area contributed by atoms with Gasteiger partial charge in [0.15, 0.2) is 0 Å². The fourth-order valence-electron chi connectivity index (χ4n) is 1.37. The van der Waals surface area contributed by atoms with E-state index >= 15 is 0 Å². The van der Waals surface area contributed by atoms with Crippen LogP contribution in [-0.2, 0) is 0 Å². The Labute approximate surface area is 97.3 Å². The number of hydrogen-bond acceptors (Lipinski definition) is 1. The molecule has 0 radical (unpaired) electrons. The Kier molecular flexibility index (Phi) is 4.75. The van der Waals surface area contributed by atoms with E-state index in [1.807, 2.05) is 33.8 Å². The van der Waals surface area contributed by atoms with Crippen LogP contribution in [0.2, 0.25) is 0 Å². The Bertz CT molecular complexity index is 331. The first-order valence-electron chi connectivity index (χ1n) is 4.84. The molecule has 0 fully saturated rings. The maximum absolute atomic E-state index is 13.5. The fourth-order valence-corrected chi connectivity index (χ4v) is 1.37. The first-order valence-corrected chi connectivity index (χ1v) is 4.84.